The SMILES string of the molecule is CC(C)NC(=O)CCSc1ccc(Cl)c(C(=O)O)c1. The second kappa shape index (κ2) is 7.40. The summed E-state index contributed by atoms with van der Waals surface area (Å²) in [5.41, 5.74) is 0.0818. The van der Waals surface area contributed by atoms with Gasteiger partial charge in [-0.15, -0.1) is 11.8 Å². The predicted octanol–water partition coefficient (Wildman–Crippen LogP) is 3.05. The Labute approximate surface area is 121 Å². The maximum Gasteiger partial charge on any atom is 0.337 e. The van der Waals surface area contributed by atoms with Crippen LogP contribution in [0.1, 0.15) is 30.6 Å². The van der Waals surface area contributed by atoms with E-state index in [9.17, 15) is 9.59 Å². The lowest BCUT2D eigenvalue weighted by Crippen LogP contribution is -2.30. The van der Waals surface area contributed by atoms with Crippen LogP contribution in [0.15, 0.2) is 23.1 Å². The third kappa shape index (κ3) is 5.53. The molecule has 0 heterocycles. The van der Waals surface area contributed by atoms with Crippen LogP contribution in [-0.2, 0) is 4.79 Å². The summed E-state index contributed by atoms with van der Waals surface area (Å²) < 4.78 is 0. The summed E-state index contributed by atoms with van der Waals surface area (Å²) in [6, 6.07) is 4.96. The number of benzene rings is 1. The Morgan fingerprint density at radius 3 is 2.68 bits per heavy atom. The number of amides is 1. The molecular weight excluding hydrogens is 286 g/mol. The minimum Gasteiger partial charge on any atom is -0.478 e. The molecule has 1 rings (SSSR count). The number of nitrogens with one attached hydrogen (secondary N) is 1. The third-order valence-corrected chi connectivity index (χ3v) is 3.54. The zero-order chi connectivity index (χ0) is 14.4. The molecule has 0 aliphatic carbocycles. The van der Waals surface area contributed by atoms with Gasteiger partial charge < -0.3 is 10.4 Å². The van der Waals surface area contributed by atoms with Crippen molar-refractivity contribution in [3.63, 3.8) is 0 Å². The van der Waals surface area contributed by atoms with Crippen LogP contribution in [0, 0.1) is 0 Å². The Bertz CT molecular complexity index is 477. The zero-order valence-electron chi connectivity index (χ0n) is 10.8. The average Bonchev–Trinajstić information content (AvgIpc) is 2.30. The summed E-state index contributed by atoms with van der Waals surface area (Å²) in [4.78, 5) is 23.1. The number of hydrogen-bond acceptors (Lipinski definition) is 3. The van der Waals surface area contributed by atoms with Crippen LogP contribution in [0.5, 0.6) is 0 Å². The Hall–Kier alpha value is -1.20. The van der Waals surface area contributed by atoms with E-state index in [0.717, 1.165) is 4.90 Å². The molecule has 4 nitrogen and oxygen atoms in total. The number of thioether (sulfide) groups is 1. The molecule has 0 atom stereocenters. The minimum absolute atomic E-state index is 0.00470. The molecule has 0 unspecified atom stereocenters. The van der Waals surface area contributed by atoms with E-state index in [0.29, 0.717) is 12.2 Å². The fourth-order valence-electron chi connectivity index (χ4n) is 1.41. The number of halogens is 1. The van der Waals surface area contributed by atoms with E-state index in [1.54, 1.807) is 12.1 Å². The van der Waals surface area contributed by atoms with E-state index >= 15 is 0 Å². The van der Waals surface area contributed by atoms with Crippen molar-refractivity contribution in [2.45, 2.75) is 31.2 Å². The summed E-state index contributed by atoms with van der Waals surface area (Å²) in [5, 5.41) is 12.0. The molecule has 1 aromatic carbocycles. The van der Waals surface area contributed by atoms with Gasteiger partial charge in [0.05, 0.1) is 10.6 Å². The van der Waals surface area contributed by atoms with Crippen molar-refractivity contribution in [3.05, 3.63) is 28.8 Å². The molecule has 19 heavy (non-hydrogen) atoms. The quantitative estimate of drug-likeness (QED) is 0.793. The topological polar surface area (TPSA) is 66.4 Å². The standard InChI is InChI=1S/C13H16ClNO3S/c1-8(2)15-12(16)5-6-19-9-3-4-11(14)10(7-9)13(17)18/h3-4,7-8H,5-6H2,1-2H3,(H,15,16)(H,17,18). The first kappa shape index (κ1) is 15.9. The highest BCUT2D eigenvalue weighted by atomic mass is 35.5. The van der Waals surface area contributed by atoms with Gasteiger partial charge in [-0.2, -0.15) is 0 Å². The van der Waals surface area contributed by atoms with E-state index in [1.165, 1.54) is 17.8 Å². The lowest BCUT2D eigenvalue weighted by molar-refractivity contribution is -0.121. The normalized spacial score (nSPS) is 10.5. The molecule has 104 valence electrons. The number of aromatic carboxylic acids is 1. The Morgan fingerprint density at radius 1 is 1.42 bits per heavy atom. The fourth-order valence-corrected chi connectivity index (χ4v) is 2.50. The van der Waals surface area contributed by atoms with Crippen molar-refractivity contribution in [1.82, 2.24) is 5.32 Å². The highest BCUT2D eigenvalue weighted by Gasteiger charge is 2.10. The van der Waals surface area contributed by atoms with Gasteiger partial charge in [0.2, 0.25) is 5.91 Å². The molecular formula is C13H16ClNO3S. The van der Waals surface area contributed by atoms with Gasteiger partial charge in [-0.25, -0.2) is 4.79 Å². The fraction of sp³-hybridized carbons (Fsp3) is 0.385. The molecule has 0 spiro atoms. The van der Waals surface area contributed by atoms with Crippen LogP contribution in [0.25, 0.3) is 0 Å². The van der Waals surface area contributed by atoms with Crippen LogP contribution >= 0.6 is 23.4 Å². The third-order valence-electron chi connectivity index (χ3n) is 2.22. The summed E-state index contributed by atoms with van der Waals surface area (Å²) in [7, 11) is 0. The lowest BCUT2D eigenvalue weighted by Gasteiger charge is -2.08. The van der Waals surface area contributed by atoms with Gasteiger partial charge in [-0.05, 0) is 32.0 Å². The molecule has 1 aromatic rings. The summed E-state index contributed by atoms with van der Waals surface area (Å²) in [6.07, 6.45) is 0.397. The molecule has 6 heteroatoms. The predicted molar refractivity (Wildman–Crippen MR) is 77.0 cm³/mol. The van der Waals surface area contributed by atoms with Gasteiger partial charge in [0, 0.05) is 23.1 Å². The maximum atomic E-state index is 11.4. The van der Waals surface area contributed by atoms with Crippen LogP contribution < -0.4 is 5.32 Å². The number of carboxylic acids is 1. The second-order valence-corrected chi connectivity index (χ2v) is 5.84. The van der Waals surface area contributed by atoms with E-state index in [4.69, 9.17) is 16.7 Å². The van der Waals surface area contributed by atoms with Crippen LogP contribution in [-0.4, -0.2) is 28.8 Å². The molecule has 0 radical (unpaired) electrons. The van der Waals surface area contributed by atoms with E-state index in [1.807, 2.05) is 13.8 Å². The summed E-state index contributed by atoms with van der Waals surface area (Å²) in [5.74, 6) is -0.459. The zero-order valence-corrected chi connectivity index (χ0v) is 12.3. The van der Waals surface area contributed by atoms with Crippen molar-refractivity contribution in [2.75, 3.05) is 5.75 Å². The average molecular weight is 302 g/mol. The maximum absolute atomic E-state index is 11.4. The van der Waals surface area contributed by atoms with Gasteiger partial charge in [0.25, 0.3) is 0 Å². The number of carboxylic acid groups (broad SMARTS) is 1. The number of carbonyl (C=O) groups is 2. The van der Waals surface area contributed by atoms with Crippen molar-refractivity contribution in [2.24, 2.45) is 0 Å². The molecule has 0 aromatic heterocycles. The molecule has 0 aliphatic rings. The van der Waals surface area contributed by atoms with Crippen LogP contribution in [0.2, 0.25) is 5.02 Å². The number of hydrogen-bond donors (Lipinski definition) is 2. The molecule has 1 amide bonds. The van der Waals surface area contributed by atoms with Gasteiger partial charge >= 0.3 is 5.97 Å². The smallest absolute Gasteiger partial charge is 0.337 e. The van der Waals surface area contributed by atoms with Crippen LogP contribution in [0.3, 0.4) is 0 Å². The van der Waals surface area contributed by atoms with Crippen molar-refractivity contribution < 1.29 is 14.7 Å². The summed E-state index contributed by atoms with van der Waals surface area (Å²) >= 11 is 7.21. The Balaban J connectivity index is 2.52. The molecule has 0 aliphatic heterocycles. The first-order chi connectivity index (χ1) is 8.90. The first-order valence-corrected chi connectivity index (χ1v) is 7.21. The largest absolute Gasteiger partial charge is 0.478 e. The van der Waals surface area contributed by atoms with Crippen molar-refractivity contribution >= 4 is 35.2 Å². The number of carbonyl (C=O) groups excluding carboxylic acids is 1. The lowest BCUT2D eigenvalue weighted by atomic mass is 10.2. The Morgan fingerprint density at radius 2 is 2.11 bits per heavy atom. The first-order valence-electron chi connectivity index (χ1n) is 5.85. The second-order valence-electron chi connectivity index (χ2n) is 4.27. The van der Waals surface area contributed by atoms with Crippen molar-refractivity contribution in [3.8, 4) is 0 Å². The molecule has 0 bridgehead atoms. The van der Waals surface area contributed by atoms with Gasteiger partial charge in [0.1, 0.15) is 0 Å². The highest BCUT2D eigenvalue weighted by molar-refractivity contribution is 7.99. The van der Waals surface area contributed by atoms with Crippen LogP contribution in [0.4, 0.5) is 0 Å². The van der Waals surface area contributed by atoms with E-state index < -0.39 is 5.97 Å². The highest BCUT2D eigenvalue weighted by Crippen LogP contribution is 2.25. The summed E-state index contributed by atoms with van der Waals surface area (Å²) in [6.45, 7) is 3.81. The van der Waals surface area contributed by atoms with Crippen molar-refractivity contribution in [1.29, 1.82) is 0 Å². The molecule has 0 saturated carbocycles. The van der Waals surface area contributed by atoms with Gasteiger partial charge in [0.15, 0.2) is 0 Å². The van der Waals surface area contributed by atoms with Gasteiger partial charge in [-0.1, -0.05) is 11.6 Å². The molecule has 0 saturated heterocycles. The molecule has 2 N–H and O–H groups in total. The van der Waals surface area contributed by atoms with Gasteiger partial charge in [-0.3, -0.25) is 4.79 Å². The van der Waals surface area contributed by atoms with E-state index in [2.05, 4.69) is 5.32 Å². The minimum atomic E-state index is -1.05. The molecule has 0 fully saturated rings. The van der Waals surface area contributed by atoms with E-state index in [-0.39, 0.29) is 22.5 Å². The Kier molecular flexibility index (Phi) is 6.18. The number of rotatable bonds is 6. The monoisotopic (exact) mass is 301 g/mol.